The van der Waals surface area contributed by atoms with E-state index in [1.165, 1.54) is 12.4 Å². The molecule has 0 radical (unpaired) electrons. The number of aryl methyl sites for hydroxylation is 1. The van der Waals surface area contributed by atoms with Crippen LogP contribution in [0.2, 0.25) is 0 Å². The number of carbonyl (C=O) groups excluding carboxylic acids is 1. The van der Waals surface area contributed by atoms with Gasteiger partial charge < -0.3 is 5.11 Å². The Balaban J connectivity index is 1.99. The van der Waals surface area contributed by atoms with Crippen molar-refractivity contribution in [3.05, 3.63) is 85.8 Å². The summed E-state index contributed by atoms with van der Waals surface area (Å²) in [5, 5.41) is 14.2. The maximum Gasteiger partial charge on any atom is 0.335 e. The number of pyridine rings is 1. The predicted molar refractivity (Wildman–Crippen MR) is 103 cm³/mol. The molecule has 9 nitrogen and oxygen atoms in total. The summed E-state index contributed by atoms with van der Waals surface area (Å²) in [6.07, 6.45) is 3.85. The van der Waals surface area contributed by atoms with E-state index in [0.29, 0.717) is 5.69 Å². The maximum absolute atomic E-state index is 12.3. The van der Waals surface area contributed by atoms with Crippen LogP contribution >= 0.6 is 0 Å². The number of carbonyl (C=O) groups is 1. The molecular formula is C19H17N5O4. The minimum atomic E-state index is -0.830. The van der Waals surface area contributed by atoms with Gasteiger partial charge in [-0.05, 0) is 43.2 Å². The van der Waals surface area contributed by atoms with E-state index in [-0.39, 0.29) is 11.1 Å². The van der Waals surface area contributed by atoms with Crippen molar-refractivity contribution < 1.29 is 9.90 Å². The summed E-state index contributed by atoms with van der Waals surface area (Å²) in [6.45, 7) is 3.66. The van der Waals surface area contributed by atoms with Crippen LogP contribution in [0.4, 0.5) is 0 Å². The molecule has 9 heteroatoms. The van der Waals surface area contributed by atoms with Gasteiger partial charge in [-0.3, -0.25) is 19.6 Å². The highest BCUT2D eigenvalue weighted by atomic mass is 16.3. The van der Waals surface area contributed by atoms with Gasteiger partial charge in [-0.2, -0.15) is 5.10 Å². The van der Waals surface area contributed by atoms with Gasteiger partial charge in [0.2, 0.25) is 5.88 Å². The number of rotatable bonds is 4. The minimum absolute atomic E-state index is 0.271. The quantitative estimate of drug-likeness (QED) is 0.460. The van der Waals surface area contributed by atoms with E-state index < -0.39 is 23.0 Å². The lowest BCUT2D eigenvalue weighted by atomic mass is 10.1. The summed E-state index contributed by atoms with van der Waals surface area (Å²) in [6, 6.07) is 8.38. The van der Waals surface area contributed by atoms with Crippen molar-refractivity contribution in [1.29, 1.82) is 0 Å². The van der Waals surface area contributed by atoms with Crippen molar-refractivity contribution in [2.24, 2.45) is 5.10 Å². The van der Waals surface area contributed by atoms with E-state index in [9.17, 15) is 19.5 Å². The lowest BCUT2D eigenvalue weighted by molar-refractivity contribution is 0.0954. The van der Waals surface area contributed by atoms with Gasteiger partial charge in [0, 0.05) is 12.4 Å². The largest absolute Gasteiger partial charge is 0.493 e. The fourth-order valence-electron chi connectivity index (χ4n) is 2.57. The third-order valence-corrected chi connectivity index (χ3v) is 4.22. The Morgan fingerprint density at radius 3 is 2.75 bits per heavy atom. The van der Waals surface area contributed by atoms with Gasteiger partial charge in [0.15, 0.2) is 0 Å². The monoisotopic (exact) mass is 379 g/mol. The SMILES string of the molecule is Cc1cccc(-n2c(O)c(/C=N/NC(=O)c3cccnc3)c(=O)[nH]c2=O)c1C. The standard InChI is InChI=1S/C19H17N5O4/c1-11-5-3-7-15(12(11)2)24-18(27)14(17(26)22-19(24)28)10-21-23-16(25)13-6-4-8-20-9-13/h3-10,27H,1-2H3,(H,23,25)(H,22,26,28)/b21-10+. The number of hydrogen-bond acceptors (Lipinski definition) is 6. The first-order chi connectivity index (χ1) is 13.4. The maximum atomic E-state index is 12.3. The van der Waals surface area contributed by atoms with Crippen molar-refractivity contribution in [1.82, 2.24) is 20.0 Å². The fourth-order valence-corrected chi connectivity index (χ4v) is 2.57. The number of benzene rings is 1. The molecule has 2 aromatic heterocycles. The van der Waals surface area contributed by atoms with Crippen LogP contribution < -0.4 is 16.7 Å². The predicted octanol–water partition coefficient (Wildman–Crippen LogP) is 1.01. The Bertz CT molecular complexity index is 1180. The number of H-pyrrole nitrogens is 1. The van der Waals surface area contributed by atoms with Crippen LogP contribution in [0.25, 0.3) is 5.69 Å². The average Bonchev–Trinajstić information content (AvgIpc) is 2.68. The van der Waals surface area contributed by atoms with Crippen molar-refractivity contribution in [2.75, 3.05) is 0 Å². The number of hydrazone groups is 1. The van der Waals surface area contributed by atoms with Crippen LogP contribution in [0.1, 0.15) is 27.0 Å². The van der Waals surface area contributed by atoms with Crippen molar-refractivity contribution >= 4 is 12.1 Å². The highest BCUT2D eigenvalue weighted by Gasteiger charge is 2.16. The molecular weight excluding hydrogens is 362 g/mol. The van der Waals surface area contributed by atoms with Crippen molar-refractivity contribution in [2.45, 2.75) is 13.8 Å². The molecule has 3 rings (SSSR count). The van der Waals surface area contributed by atoms with Gasteiger partial charge in [-0.1, -0.05) is 12.1 Å². The van der Waals surface area contributed by atoms with Crippen LogP contribution in [-0.4, -0.2) is 31.8 Å². The molecule has 0 unspecified atom stereocenters. The number of aromatic nitrogens is 3. The Morgan fingerprint density at radius 2 is 2.04 bits per heavy atom. The fraction of sp³-hybridized carbons (Fsp3) is 0.105. The summed E-state index contributed by atoms with van der Waals surface area (Å²) in [5.74, 6) is -1.12. The van der Waals surface area contributed by atoms with Crippen LogP contribution in [0.3, 0.4) is 0 Å². The number of aromatic hydroxyl groups is 1. The molecule has 0 saturated heterocycles. The molecule has 0 atom stereocenters. The highest BCUT2D eigenvalue weighted by molar-refractivity contribution is 5.94. The molecule has 3 N–H and O–H groups in total. The summed E-state index contributed by atoms with van der Waals surface area (Å²) in [7, 11) is 0. The summed E-state index contributed by atoms with van der Waals surface area (Å²) in [5.41, 5.74) is 2.72. The second-order valence-corrected chi connectivity index (χ2v) is 5.99. The first-order valence-corrected chi connectivity index (χ1v) is 8.28. The number of nitrogens with one attached hydrogen (secondary N) is 2. The zero-order valence-corrected chi connectivity index (χ0v) is 15.1. The van der Waals surface area contributed by atoms with Crippen molar-refractivity contribution in [3.8, 4) is 11.6 Å². The lowest BCUT2D eigenvalue weighted by Crippen LogP contribution is -2.32. The smallest absolute Gasteiger partial charge is 0.335 e. The van der Waals surface area contributed by atoms with E-state index in [4.69, 9.17) is 0 Å². The molecule has 0 aliphatic rings. The van der Waals surface area contributed by atoms with Gasteiger partial charge in [-0.15, -0.1) is 0 Å². The van der Waals surface area contributed by atoms with Gasteiger partial charge in [0.1, 0.15) is 5.56 Å². The number of hydrogen-bond donors (Lipinski definition) is 3. The Labute approximate surface area is 159 Å². The van der Waals surface area contributed by atoms with Crippen molar-refractivity contribution in [3.63, 3.8) is 0 Å². The molecule has 1 aromatic carbocycles. The van der Waals surface area contributed by atoms with E-state index in [1.54, 1.807) is 31.2 Å². The molecule has 0 fully saturated rings. The third kappa shape index (κ3) is 3.58. The Hall–Kier alpha value is -4.01. The molecule has 0 bridgehead atoms. The minimum Gasteiger partial charge on any atom is -0.493 e. The van der Waals surface area contributed by atoms with Crippen LogP contribution in [0.5, 0.6) is 5.88 Å². The summed E-state index contributed by atoms with van der Waals surface area (Å²) < 4.78 is 0.980. The van der Waals surface area contributed by atoms with Gasteiger partial charge in [0.25, 0.3) is 11.5 Å². The first kappa shape index (κ1) is 18.8. The Morgan fingerprint density at radius 1 is 1.25 bits per heavy atom. The van der Waals surface area contributed by atoms with Crippen LogP contribution in [0, 0.1) is 13.8 Å². The molecule has 0 saturated carbocycles. The molecule has 142 valence electrons. The number of nitrogens with zero attached hydrogens (tertiary/aromatic N) is 3. The van der Waals surface area contributed by atoms with E-state index in [2.05, 4.69) is 20.5 Å². The topological polar surface area (TPSA) is 129 Å². The number of aromatic amines is 1. The molecule has 1 amide bonds. The third-order valence-electron chi connectivity index (χ3n) is 4.22. The van der Waals surface area contributed by atoms with Gasteiger partial charge in [-0.25, -0.2) is 14.8 Å². The normalized spacial score (nSPS) is 10.9. The van der Waals surface area contributed by atoms with Gasteiger partial charge in [0.05, 0.1) is 17.5 Å². The molecule has 0 aliphatic heterocycles. The summed E-state index contributed by atoms with van der Waals surface area (Å²) in [4.78, 5) is 42.3. The second-order valence-electron chi connectivity index (χ2n) is 5.99. The highest BCUT2D eigenvalue weighted by Crippen LogP contribution is 2.20. The lowest BCUT2D eigenvalue weighted by Gasteiger charge is -2.13. The second kappa shape index (κ2) is 7.70. The van der Waals surface area contributed by atoms with E-state index >= 15 is 0 Å². The number of amides is 1. The van der Waals surface area contributed by atoms with Crippen LogP contribution in [0.15, 0.2) is 57.4 Å². The molecule has 2 heterocycles. The van der Waals surface area contributed by atoms with Gasteiger partial charge >= 0.3 is 5.69 Å². The zero-order chi connectivity index (χ0) is 20.3. The average molecular weight is 379 g/mol. The molecule has 0 aliphatic carbocycles. The Kier molecular flexibility index (Phi) is 5.16. The van der Waals surface area contributed by atoms with Crippen LogP contribution in [-0.2, 0) is 0 Å². The van der Waals surface area contributed by atoms with E-state index in [0.717, 1.165) is 21.9 Å². The van der Waals surface area contributed by atoms with E-state index in [1.807, 2.05) is 13.0 Å². The molecule has 0 spiro atoms. The zero-order valence-electron chi connectivity index (χ0n) is 15.1. The summed E-state index contributed by atoms with van der Waals surface area (Å²) >= 11 is 0. The molecule has 3 aromatic rings. The molecule has 28 heavy (non-hydrogen) atoms. The first-order valence-electron chi connectivity index (χ1n) is 8.28.